The third-order valence-electron chi connectivity index (χ3n) is 8.14. The summed E-state index contributed by atoms with van der Waals surface area (Å²) >= 11 is 0. The normalized spacial score (nSPS) is 24.9. The van der Waals surface area contributed by atoms with E-state index in [0.717, 1.165) is 68.2 Å². The highest BCUT2D eigenvalue weighted by molar-refractivity contribution is 5.28. The van der Waals surface area contributed by atoms with Crippen molar-refractivity contribution in [3.63, 3.8) is 0 Å². The van der Waals surface area contributed by atoms with Crippen molar-refractivity contribution < 1.29 is 26.7 Å². The Morgan fingerprint density at radius 3 is 2.03 bits per heavy atom. The first-order valence-corrected chi connectivity index (χ1v) is 13.7. The fourth-order valence-corrected chi connectivity index (χ4v) is 5.80. The molecule has 2 aromatic rings. The first kappa shape index (κ1) is 27.7. The molecule has 2 saturated carbocycles. The van der Waals surface area contributed by atoms with Gasteiger partial charge in [-0.3, -0.25) is 0 Å². The SMILES string of the molecule is CCCCc1ccc(C2CCC(/C=C/C3CCC(C(F)(F)Oc4ccc(F)c(F)c4)CC3)CC2)c(F)c1. The van der Waals surface area contributed by atoms with Gasteiger partial charge in [0.25, 0.3) is 0 Å². The van der Waals surface area contributed by atoms with Crippen LogP contribution >= 0.6 is 0 Å². The molecule has 0 saturated heterocycles. The maximum Gasteiger partial charge on any atom is 0.400 e. The van der Waals surface area contributed by atoms with Crippen LogP contribution in [0.4, 0.5) is 22.0 Å². The number of alkyl halides is 2. The summed E-state index contributed by atoms with van der Waals surface area (Å²) in [5, 5.41) is 0. The van der Waals surface area contributed by atoms with E-state index in [0.29, 0.717) is 37.7 Å². The Morgan fingerprint density at radius 2 is 1.43 bits per heavy atom. The molecule has 2 aliphatic carbocycles. The van der Waals surface area contributed by atoms with Gasteiger partial charge in [-0.15, -0.1) is 0 Å². The van der Waals surface area contributed by atoms with Crippen LogP contribution in [0.1, 0.15) is 88.2 Å². The first-order valence-electron chi connectivity index (χ1n) is 13.7. The molecule has 1 nitrogen and oxygen atoms in total. The number of ether oxygens (including phenoxy) is 1. The maximum atomic E-state index is 14.7. The van der Waals surface area contributed by atoms with E-state index in [1.807, 2.05) is 6.07 Å². The number of benzene rings is 2. The van der Waals surface area contributed by atoms with Gasteiger partial charge in [0.2, 0.25) is 0 Å². The van der Waals surface area contributed by atoms with E-state index in [1.54, 1.807) is 6.07 Å². The van der Waals surface area contributed by atoms with E-state index < -0.39 is 23.7 Å². The van der Waals surface area contributed by atoms with Gasteiger partial charge in [0, 0.05) is 6.07 Å². The highest BCUT2D eigenvalue weighted by Gasteiger charge is 2.43. The van der Waals surface area contributed by atoms with Gasteiger partial charge in [-0.2, -0.15) is 8.78 Å². The highest BCUT2D eigenvalue weighted by atomic mass is 19.3. The molecule has 2 aliphatic rings. The lowest BCUT2D eigenvalue weighted by Crippen LogP contribution is -2.37. The first-order chi connectivity index (χ1) is 17.7. The highest BCUT2D eigenvalue weighted by Crippen LogP contribution is 2.42. The van der Waals surface area contributed by atoms with Crippen LogP contribution in [-0.4, -0.2) is 6.11 Å². The van der Waals surface area contributed by atoms with Crippen LogP contribution < -0.4 is 4.74 Å². The van der Waals surface area contributed by atoms with Crippen LogP contribution in [0.5, 0.6) is 5.75 Å². The quantitative estimate of drug-likeness (QED) is 0.236. The topological polar surface area (TPSA) is 9.23 Å². The number of aryl methyl sites for hydroxylation is 1. The Kier molecular flexibility index (Phi) is 9.31. The summed E-state index contributed by atoms with van der Waals surface area (Å²) in [5.41, 5.74) is 1.91. The van der Waals surface area contributed by atoms with Crippen LogP contribution in [-0.2, 0) is 6.42 Å². The zero-order valence-corrected chi connectivity index (χ0v) is 21.5. The summed E-state index contributed by atoms with van der Waals surface area (Å²) < 4.78 is 75.1. The van der Waals surface area contributed by atoms with Gasteiger partial charge >= 0.3 is 6.11 Å². The van der Waals surface area contributed by atoms with E-state index in [1.165, 1.54) is 0 Å². The molecule has 6 heteroatoms. The molecule has 4 rings (SSSR count). The van der Waals surface area contributed by atoms with Crippen LogP contribution in [0.2, 0.25) is 0 Å². The molecule has 2 fully saturated rings. The molecule has 0 amide bonds. The van der Waals surface area contributed by atoms with E-state index in [4.69, 9.17) is 4.74 Å². The molecule has 0 spiro atoms. The largest absolute Gasteiger partial charge is 0.432 e. The fraction of sp³-hybridized carbons (Fsp3) is 0.548. The summed E-state index contributed by atoms with van der Waals surface area (Å²) in [6.45, 7) is 2.14. The lowest BCUT2D eigenvalue weighted by molar-refractivity contribution is -0.223. The molecule has 2 aromatic carbocycles. The summed E-state index contributed by atoms with van der Waals surface area (Å²) in [6.07, 6.45) is 9.92. The van der Waals surface area contributed by atoms with Crippen molar-refractivity contribution in [3.05, 3.63) is 77.1 Å². The Labute approximate surface area is 217 Å². The molecule has 0 unspecified atom stereocenters. The molecular weight excluding hydrogens is 483 g/mol. The van der Waals surface area contributed by atoms with Gasteiger partial charge in [0.15, 0.2) is 11.6 Å². The van der Waals surface area contributed by atoms with E-state index in [9.17, 15) is 22.0 Å². The smallest absolute Gasteiger partial charge is 0.400 e. The molecular formula is C31H37F5O. The Hall–Kier alpha value is -2.37. The number of rotatable bonds is 9. The number of hydrogen-bond acceptors (Lipinski definition) is 1. The summed E-state index contributed by atoms with van der Waals surface area (Å²) in [5.74, 6) is -2.74. The lowest BCUT2D eigenvalue weighted by atomic mass is 9.77. The second-order valence-corrected chi connectivity index (χ2v) is 10.8. The fourth-order valence-electron chi connectivity index (χ4n) is 5.80. The maximum absolute atomic E-state index is 14.7. The van der Waals surface area contributed by atoms with Gasteiger partial charge in [-0.1, -0.05) is 37.6 Å². The second-order valence-electron chi connectivity index (χ2n) is 10.8. The monoisotopic (exact) mass is 520 g/mol. The Bertz CT molecular complexity index is 1050. The van der Waals surface area contributed by atoms with E-state index in [2.05, 4.69) is 25.1 Å². The second kappa shape index (κ2) is 12.4. The summed E-state index contributed by atoms with van der Waals surface area (Å²) in [7, 11) is 0. The minimum absolute atomic E-state index is 0.0744. The lowest BCUT2D eigenvalue weighted by Gasteiger charge is -2.32. The number of hydrogen-bond donors (Lipinski definition) is 0. The standard InChI is InChI=1S/C31H37F5O/c1-2-3-4-23-11-17-27(29(33)19-23)24-12-7-21(8-13-24)5-6-22-9-14-25(15-10-22)31(35,36)37-26-16-18-28(32)30(34)20-26/h5-6,11,16-22,24-25H,2-4,7-10,12-15H2,1H3/b6-5+. The van der Waals surface area contributed by atoms with Crippen LogP contribution in [0, 0.1) is 35.2 Å². The van der Waals surface area contributed by atoms with Crippen molar-refractivity contribution in [1.82, 2.24) is 0 Å². The van der Waals surface area contributed by atoms with Gasteiger partial charge in [0.1, 0.15) is 11.6 Å². The summed E-state index contributed by atoms with van der Waals surface area (Å²) in [4.78, 5) is 0. The van der Waals surface area contributed by atoms with Crippen molar-refractivity contribution in [2.75, 3.05) is 0 Å². The van der Waals surface area contributed by atoms with Gasteiger partial charge in [0.05, 0.1) is 5.92 Å². The number of unbranched alkanes of at least 4 members (excludes halogenated alkanes) is 1. The van der Waals surface area contributed by atoms with E-state index in [-0.39, 0.29) is 23.4 Å². The average molecular weight is 521 g/mol. The average Bonchev–Trinajstić information content (AvgIpc) is 2.89. The molecule has 0 radical (unpaired) electrons. The van der Waals surface area contributed by atoms with Crippen molar-refractivity contribution in [1.29, 1.82) is 0 Å². The minimum Gasteiger partial charge on any atom is -0.432 e. The molecule has 0 atom stereocenters. The number of halogens is 5. The Morgan fingerprint density at radius 1 is 0.784 bits per heavy atom. The van der Waals surface area contributed by atoms with Gasteiger partial charge in [-0.25, -0.2) is 13.2 Å². The van der Waals surface area contributed by atoms with Crippen LogP contribution in [0.3, 0.4) is 0 Å². The molecule has 0 aromatic heterocycles. The predicted molar refractivity (Wildman–Crippen MR) is 136 cm³/mol. The summed E-state index contributed by atoms with van der Waals surface area (Å²) in [6, 6.07) is 8.22. The zero-order chi connectivity index (χ0) is 26.4. The van der Waals surface area contributed by atoms with Crippen LogP contribution in [0.15, 0.2) is 48.6 Å². The molecule has 0 heterocycles. The third-order valence-corrected chi connectivity index (χ3v) is 8.14. The zero-order valence-electron chi connectivity index (χ0n) is 21.5. The molecule has 0 aliphatic heterocycles. The third kappa shape index (κ3) is 7.36. The number of allylic oxidation sites excluding steroid dienone is 2. The van der Waals surface area contributed by atoms with Crippen molar-refractivity contribution in [3.8, 4) is 5.75 Å². The van der Waals surface area contributed by atoms with Gasteiger partial charge < -0.3 is 4.74 Å². The minimum atomic E-state index is -3.43. The van der Waals surface area contributed by atoms with Crippen LogP contribution in [0.25, 0.3) is 0 Å². The molecule has 0 N–H and O–H groups in total. The molecule has 202 valence electrons. The predicted octanol–water partition coefficient (Wildman–Crippen LogP) is 9.75. The van der Waals surface area contributed by atoms with Crippen molar-refractivity contribution in [2.24, 2.45) is 17.8 Å². The van der Waals surface area contributed by atoms with E-state index >= 15 is 0 Å². The van der Waals surface area contributed by atoms with Crippen molar-refractivity contribution >= 4 is 0 Å². The molecule has 37 heavy (non-hydrogen) atoms. The van der Waals surface area contributed by atoms with Crippen molar-refractivity contribution in [2.45, 2.75) is 89.6 Å². The molecule has 0 bridgehead atoms. The van der Waals surface area contributed by atoms with Gasteiger partial charge in [-0.05, 0) is 111 Å². The Balaban J connectivity index is 1.22.